The maximum absolute atomic E-state index is 12.8. The lowest BCUT2D eigenvalue weighted by Crippen LogP contribution is -2.14. The Morgan fingerprint density at radius 1 is 1.18 bits per heavy atom. The van der Waals surface area contributed by atoms with Gasteiger partial charge in [0.05, 0.1) is 17.5 Å². The molecule has 0 spiro atoms. The number of hydrogen-bond acceptors (Lipinski definition) is 4. The van der Waals surface area contributed by atoms with Crippen molar-refractivity contribution in [2.75, 3.05) is 5.32 Å². The molecule has 3 aromatic rings. The average molecular weight is 393 g/mol. The van der Waals surface area contributed by atoms with Crippen LogP contribution in [0.25, 0.3) is 5.82 Å². The number of carbonyl (C=O) groups is 1. The molecule has 144 valence electrons. The van der Waals surface area contributed by atoms with Gasteiger partial charge >= 0.3 is 0 Å². The number of carbonyl (C=O) groups excluding carboxylic acids is 1. The van der Waals surface area contributed by atoms with Crippen LogP contribution >= 0.6 is 11.8 Å². The zero-order chi connectivity index (χ0) is 19.3. The summed E-state index contributed by atoms with van der Waals surface area (Å²) < 4.78 is 1.73. The number of thioether (sulfide) groups is 1. The number of benzene rings is 1. The molecule has 1 aromatic carbocycles. The molecule has 0 radical (unpaired) electrons. The summed E-state index contributed by atoms with van der Waals surface area (Å²) >= 11 is 1.95. The largest absolute Gasteiger partial charge is 0.322 e. The topological polar surface area (TPSA) is 59.8 Å². The van der Waals surface area contributed by atoms with Gasteiger partial charge in [0.15, 0.2) is 5.82 Å². The van der Waals surface area contributed by atoms with Crippen LogP contribution in [0.4, 0.5) is 5.69 Å². The first-order valence-corrected chi connectivity index (χ1v) is 10.7. The molecule has 0 aliphatic heterocycles. The first-order valence-electron chi connectivity index (χ1n) is 9.81. The van der Waals surface area contributed by atoms with Crippen molar-refractivity contribution in [3.63, 3.8) is 0 Å². The second-order valence-electron chi connectivity index (χ2n) is 6.96. The minimum atomic E-state index is -0.143. The smallest absolute Gasteiger partial charge is 0.259 e. The van der Waals surface area contributed by atoms with E-state index < -0.39 is 0 Å². The molecule has 6 heteroatoms. The van der Waals surface area contributed by atoms with Crippen LogP contribution in [-0.2, 0) is 6.42 Å². The molecule has 0 saturated heterocycles. The van der Waals surface area contributed by atoms with E-state index in [1.165, 1.54) is 30.6 Å². The molecular formula is C22H24N4OS. The summed E-state index contributed by atoms with van der Waals surface area (Å²) in [5.41, 5.74) is 2.23. The summed E-state index contributed by atoms with van der Waals surface area (Å²) in [4.78, 5) is 18.4. The lowest BCUT2D eigenvalue weighted by Gasteiger charge is -2.10. The Morgan fingerprint density at radius 2 is 1.96 bits per heavy atom. The van der Waals surface area contributed by atoms with Crippen LogP contribution in [0.1, 0.15) is 48.7 Å². The maximum atomic E-state index is 12.8. The van der Waals surface area contributed by atoms with E-state index in [0.717, 1.165) is 16.6 Å². The standard InChI is InChI=1S/C22H24N4OS/c1-2-20-19(15-24-26(20)21-9-5-6-14-23-21)22(27)25-16-10-12-18(13-11-16)28-17-7-3-4-8-17/h5-6,9-15,17H,2-4,7-8H2,1H3,(H,25,27). The highest BCUT2D eigenvalue weighted by molar-refractivity contribution is 8.00. The van der Waals surface area contributed by atoms with Crippen LogP contribution in [0.2, 0.25) is 0 Å². The number of anilines is 1. The summed E-state index contributed by atoms with van der Waals surface area (Å²) in [7, 11) is 0. The van der Waals surface area contributed by atoms with Gasteiger partial charge < -0.3 is 5.32 Å². The van der Waals surface area contributed by atoms with Crippen LogP contribution < -0.4 is 5.32 Å². The lowest BCUT2D eigenvalue weighted by molar-refractivity contribution is 0.102. The van der Waals surface area contributed by atoms with E-state index in [2.05, 4.69) is 27.5 Å². The number of rotatable bonds is 6. The van der Waals surface area contributed by atoms with Crippen molar-refractivity contribution in [3.05, 3.63) is 66.1 Å². The Hall–Kier alpha value is -2.60. The number of amides is 1. The van der Waals surface area contributed by atoms with Gasteiger partial charge in [-0.1, -0.05) is 25.8 Å². The van der Waals surface area contributed by atoms with Crippen molar-refractivity contribution in [1.29, 1.82) is 0 Å². The Kier molecular flexibility index (Phi) is 5.76. The van der Waals surface area contributed by atoms with E-state index >= 15 is 0 Å². The van der Waals surface area contributed by atoms with Crippen molar-refractivity contribution in [2.45, 2.75) is 49.2 Å². The Labute approximate surface area is 169 Å². The maximum Gasteiger partial charge on any atom is 0.259 e. The van der Waals surface area contributed by atoms with Crippen molar-refractivity contribution in [2.24, 2.45) is 0 Å². The molecule has 1 aliphatic carbocycles. The monoisotopic (exact) mass is 392 g/mol. The molecule has 2 heterocycles. The van der Waals surface area contributed by atoms with E-state index in [1.807, 2.05) is 49.0 Å². The average Bonchev–Trinajstić information content (AvgIpc) is 3.39. The normalized spacial score (nSPS) is 14.3. The number of aromatic nitrogens is 3. The first kappa shape index (κ1) is 18.7. The highest BCUT2D eigenvalue weighted by Crippen LogP contribution is 2.35. The summed E-state index contributed by atoms with van der Waals surface area (Å²) in [6, 6.07) is 13.8. The summed E-state index contributed by atoms with van der Waals surface area (Å²) in [5.74, 6) is 0.571. The molecule has 0 unspecified atom stereocenters. The third-order valence-electron chi connectivity index (χ3n) is 5.03. The second-order valence-corrected chi connectivity index (χ2v) is 8.33. The highest BCUT2D eigenvalue weighted by Gasteiger charge is 2.18. The summed E-state index contributed by atoms with van der Waals surface area (Å²) in [5, 5.41) is 8.12. The van der Waals surface area contributed by atoms with Crippen molar-refractivity contribution < 1.29 is 4.79 Å². The molecule has 5 nitrogen and oxygen atoms in total. The summed E-state index contributed by atoms with van der Waals surface area (Å²) in [6.07, 6.45) is 9.34. The predicted molar refractivity (Wildman–Crippen MR) is 113 cm³/mol. The van der Waals surface area contributed by atoms with Gasteiger partial charge in [-0.3, -0.25) is 4.79 Å². The molecule has 0 bridgehead atoms. The van der Waals surface area contributed by atoms with E-state index in [9.17, 15) is 4.79 Å². The van der Waals surface area contributed by atoms with Gasteiger partial charge in [-0.05, 0) is 55.7 Å². The third kappa shape index (κ3) is 4.12. The molecule has 1 aliphatic rings. The number of nitrogens with one attached hydrogen (secondary N) is 1. The first-order chi connectivity index (χ1) is 13.7. The highest BCUT2D eigenvalue weighted by atomic mass is 32.2. The third-order valence-corrected chi connectivity index (χ3v) is 6.38. The fourth-order valence-corrected chi connectivity index (χ4v) is 4.84. The zero-order valence-corrected chi connectivity index (χ0v) is 16.8. The second kappa shape index (κ2) is 8.61. The fourth-order valence-electron chi connectivity index (χ4n) is 3.59. The van der Waals surface area contributed by atoms with Crippen molar-refractivity contribution in [3.8, 4) is 5.82 Å². The fraction of sp³-hybridized carbons (Fsp3) is 0.318. The van der Waals surface area contributed by atoms with Gasteiger partial charge in [-0.25, -0.2) is 9.67 Å². The van der Waals surface area contributed by atoms with Crippen LogP contribution in [0.5, 0.6) is 0 Å². The molecular weight excluding hydrogens is 368 g/mol. The van der Waals surface area contributed by atoms with E-state index in [-0.39, 0.29) is 5.91 Å². The van der Waals surface area contributed by atoms with E-state index in [1.54, 1.807) is 17.1 Å². The van der Waals surface area contributed by atoms with Gasteiger partial charge in [0, 0.05) is 22.0 Å². The van der Waals surface area contributed by atoms with E-state index in [4.69, 9.17) is 0 Å². The molecule has 4 rings (SSSR count). The van der Waals surface area contributed by atoms with Crippen LogP contribution in [0.3, 0.4) is 0 Å². The van der Waals surface area contributed by atoms with Crippen molar-refractivity contribution in [1.82, 2.24) is 14.8 Å². The SMILES string of the molecule is CCc1c(C(=O)Nc2ccc(SC3CCCC3)cc2)cnn1-c1ccccn1. The van der Waals surface area contributed by atoms with Crippen LogP contribution in [-0.4, -0.2) is 25.9 Å². The molecule has 2 aromatic heterocycles. The zero-order valence-electron chi connectivity index (χ0n) is 16.0. The number of hydrogen-bond donors (Lipinski definition) is 1. The Morgan fingerprint density at radius 3 is 2.64 bits per heavy atom. The van der Waals surface area contributed by atoms with Gasteiger partial charge in [0.2, 0.25) is 0 Å². The van der Waals surface area contributed by atoms with Gasteiger partial charge in [-0.15, -0.1) is 11.8 Å². The molecule has 28 heavy (non-hydrogen) atoms. The van der Waals surface area contributed by atoms with Gasteiger partial charge in [-0.2, -0.15) is 5.10 Å². The Bertz CT molecular complexity index is 931. The molecule has 1 N–H and O–H groups in total. The molecule has 1 fully saturated rings. The molecule has 1 saturated carbocycles. The molecule has 0 atom stereocenters. The summed E-state index contributed by atoms with van der Waals surface area (Å²) in [6.45, 7) is 2.02. The quantitative estimate of drug-likeness (QED) is 0.633. The number of pyridine rings is 1. The van der Waals surface area contributed by atoms with E-state index in [0.29, 0.717) is 17.8 Å². The lowest BCUT2D eigenvalue weighted by atomic mass is 10.2. The Balaban J connectivity index is 1.47. The van der Waals surface area contributed by atoms with Crippen LogP contribution in [0, 0.1) is 0 Å². The van der Waals surface area contributed by atoms with Gasteiger partial charge in [0.1, 0.15) is 0 Å². The van der Waals surface area contributed by atoms with Crippen LogP contribution in [0.15, 0.2) is 59.8 Å². The minimum Gasteiger partial charge on any atom is -0.322 e. The van der Waals surface area contributed by atoms with Crippen molar-refractivity contribution >= 4 is 23.4 Å². The number of nitrogens with zero attached hydrogens (tertiary/aromatic N) is 3. The minimum absolute atomic E-state index is 0.143. The predicted octanol–water partition coefficient (Wildman–Crippen LogP) is 5.12. The van der Waals surface area contributed by atoms with Gasteiger partial charge in [0.25, 0.3) is 5.91 Å². The molecule has 1 amide bonds.